The van der Waals surface area contributed by atoms with Gasteiger partial charge >= 0.3 is 0 Å². The van der Waals surface area contributed by atoms with Crippen LogP contribution in [0, 0.1) is 11.3 Å². The number of nitriles is 1. The number of aliphatic hydroxyl groups is 1. The highest BCUT2D eigenvalue weighted by molar-refractivity contribution is 5.34. The number of nitrogens with one attached hydrogen (secondary N) is 1. The molecule has 0 saturated carbocycles. The Bertz CT molecular complexity index is 796. The fourth-order valence-electron chi connectivity index (χ4n) is 3.78. The molecule has 0 radical (unpaired) electrons. The summed E-state index contributed by atoms with van der Waals surface area (Å²) in [7, 11) is 1.68. The van der Waals surface area contributed by atoms with Gasteiger partial charge in [-0.05, 0) is 67.9 Å². The molecule has 1 aliphatic heterocycles. The molecule has 0 amide bonds. The van der Waals surface area contributed by atoms with E-state index in [4.69, 9.17) is 14.7 Å². The molecule has 2 aromatic carbocycles. The Balaban J connectivity index is 1.50. The normalized spacial score (nSPS) is 16.4. The van der Waals surface area contributed by atoms with Crippen LogP contribution in [0.5, 0.6) is 11.5 Å². The van der Waals surface area contributed by atoms with E-state index in [1.54, 1.807) is 31.4 Å². The van der Waals surface area contributed by atoms with Crippen molar-refractivity contribution >= 4 is 0 Å². The van der Waals surface area contributed by atoms with Crippen LogP contribution in [0.2, 0.25) is 0 Å². The minimum atomic E-state index is -0.612. The fourth-order valence-corrected chi connectivity index (χ4v) is 3.78. The highest BCUT2D eigenvalue weighted by Crippen LogP contribution is 2.25. The molecule has 1 fully saturated rings. The summed E-state index contributed by atoms with van der Waals surface area (Å²) in [6, 6.07) is 17.5. The van der Waals surface area contributed by atoms with Gasteiger partial charge in [0, 0.05) is 19.1 Å². The van der Waals surface area contributed by atoms with Crippen molar-refractivity contribution in [2.45, 2.75) is 31.4 Å². The molecular weight excluding hydrogens is 378 g/mol. The van der Waals surface area contributed by atoms with Gasteiger partial charge in [-0.1, -0.05) is 18.6 Å². The first-order valence-electron chi connectivity index (χ1n) is 10.6. The second-order valence-electron chi connectivity index (χ2n) is 7.64. The number of aliphatic hydroxyl groups excluding tert-OH is 1. The molecule has 0 bridgehead atoms. The molecule has 0 unspecified atom stereocenters. The third-order valence-electron chi connectivity index (χ3n) is 5.48. The van der Waals surface area contributed by atoms with E-state index in [2.05, 4.69) is 28.4 Å². The molecule has 160 valence electrons. The van der Waals surface area contributed by atoms with Gasteiger partial charge < -0.3 is 19.9 Å². The van der Waals surface area contributed by atoms with Gasteiger partial charge in [-0.25, -0.2) is 0 Å². The highest BCUT2D eigenvalue weighted by Gasteiger charge is 2.22. The number of benzene rings is 2. The van der Waals surface area contributed by atoms with Gasteiger partial charge in [0.1, 0.15) is 24.2 Å². The second kappa shape index (κ2) is 11.6. The number of methoxy groups -OCH3 is 1. The van der Waals surface area contributed by atoms with Crippen LogP contribution in [0.25, 0.3) is 0 Å². The van der Waals surface area contributed by atoms with E-state index in [1.165, 1.54) is 24.8 Å². The Labute approximate surface area is 179 Å². The number of piperidine rings is 1. The smallest absolute Gasteiger partial charge is 0.119 e. The zero-order valence-electron chi connectivity index (χ0n) is 17.6. The molecular formula is C24H31N3O3. The molecule has 2 atom stereocenters. The molecule has 2 aromatic rings. The van der Waals surface area contributed by atoms with Crippen LogP contribution in [0.15, 0.2) is 48.5 Å². The predicted octanol–water partition coefficient (Wildman–Crippen LogP) is 3.12. The van der Waals surface area contributed by atoms with Gasteiger partial charge in [0.15, 0.2) is 0 Å². The standard InChI is InChI=1S/C24H31N3O3/c1-29-22-11-7-20(8-12-22)24(27-13-3-2-4-14-27)17-26-16-21(28)18-30-23-9-5-19(15-25)6-10-23/h5-12,21,24,26,28H,2-4,13-14,16-18H2,1H3/t21-,24+/m0/s1. The van der Waals surface area contributed by atoms with Crippen LogP contribution in [-0.2, 0) is 0 Å². The average molecular weight is 410 g/mol. The summed E-state index contributed by atoms with van der Waals surface area (Å²) >= 11 is 0. The monoisotopic (exact) mass is 409 g/mol. The molecule has 2 N–H and O–H groups in total. The molecule has 30 heavy (non-hydrogen) atoms. The first-order valence-corrected chi connectivity index (χ1v) is 10.6. The van der Waals surface area contributed by atoms with Gasteiger partial charge in [-0.15, -0.1) is 0 Å². The lowest BCUT2D eigenvalue weighted by molar-refractivity contribution is 0.101. The highest BCUT2D eigenvalue weighted by atomic mass is 16.5. The Morgan fingerprint density at radius 1 is 1.00 bits per heavy atom. The van der Waals surface area contributed by atoms with Crippen molar-refractivity contribution in [1.82, 2.24) is 10.2 Å². The summed E-state index contributed by atoms with van der Waals surface area (Å²) in [5.74, 6) is 1.51. The fraction of sp³-hybridized carbons (Fsp3) is 0.458. The van der Waals surface area contributed by atoms with E-state index in [-0.39, 0.29) is 12.6 Å². The van der Waals surface area contributed by atoms with Crippen LogP contribution in [0.4, 0.5) is 0 Å². The summed E-state index contributed by atoms with van der Waals surface area (Å²) in [6.07, 6.45) is 3.14. The molecule has 0 aliphatic carbocycles. The lowest BCUT2D eigenvalue weighted by atomic mass is 10.0. The van der Waals surface area contributed by atoms with Crippen LogP contribution in [0.3, 0.4) is 0 Å². The number of ether oxygens (including phenoxy) is 2. The van der Waals surface area contributed by atoms with E-state index >= 15 is 0 Å². The van der Waals surface area contributed by atoms with E-state index in [1.807, 2.05) is 12.1 Å². The van der Waals surface area contributed by atoms with E-state index in [9.17, 15) is 5.11 Å². The van der Waals surface area contributed by atoms with E-state index < -0.39 is 6.10 Å². The van der Waals surface area contributed by atoms with E-state index in [0.29, 0.717) is 17.9 Å². The Morgan fingerprint density at radius 2 is 1.67 bits per heavy atom. The van der Waals surface area contributed by atoms with E-state index in [0.717, 1.165) is 25.4 Å². The maximum atomic E-state index is 10.3. The molecule has 3 rings (SSSR count). The molecule has 1 aliphatic rings. The number of rotatable bonds is 10. The molecule has 0 spiro atoms. The SMILES string of the molecule is COc1ccc([C@@H](CNC[C@H](O)COc2ccc(C#N)cc2)N2CCCCC2)cc1. The number of hydrogen-bond acceptors (Lipinski definition) is 6. The van der Waals surface area contributed by atoms with Crippen molar-refractivity contribution in [2.24, 2.45) is 0 Å². The summed E-state index contributed by atoms with van der Waals surface area (Å²) in [5.41, 5.74) is 1.85. The van der Waals surface area contributed by atoms with Crippen molar-refractivity contribution in [3.8, 4) is 17.6 Å². The number of hydrogen-bond donors (Lipinski definition) is 2. The van der Waals surface area contributed by atoms with Crippen LogP contribution >= 0.6 is 0 Å². The first kappa shape index (κ1) is 22.1. The first-order chi connectivity index (χ1) is 14.7. The van der Waals surface area contributed by atoms with Crippen molar-refractivity contribution in [2.75, 3.05) is 39.9 Å². The van der Waals surface area contributed by atoms with Crippen molar-refractivity contribution in [3.63, 3.8) is 0 Å². The molecule has 0 aromatic heterocycles. The largest absolute Gasteiger partial charge is 0.497 e. The molecule has 1 saturated heterocycles. The Morgan fingerprint density at radius 3 is 2.30 bits per heavy atom. The lowest BCUT2D eigenvalue weighted by Crippen LogP contribution is -2.41. The summed E-state index contributed by atoms with van der Waals surface area (Å²) in [4.78, 5) is 2.53. The van der Waals surface area contributed by atoms with Gasteiger partial charge in [0.05, 0.1) is 18.7 Å². The molecule has 6 nitrogen and oxygen atoms in total. The maximum absolute atomic E-state index is 10.3. The number of nitrogens with zero attached hydrogens (tertiary/aromatic N) is 2. The summed E-state index contributed by atoms with van der Waals surface area (Å²) < 4.78 is 10.9. The van der Waals surface area contributed by atoms with Crippen LogP contribution in [0.1, 0.15) is 36.4 Å². The topological polar surface area (TPSA) is 77.7 Å². The zero-order valence-corrected chi connectivity index (χ0v) is 17.6. The van der Waals surface area contributed by atoms with Gasteiger partial charge in [0.2, 0.25) is 0 Å². The van der Waals surface area contributed by atoms with Gasteiger partial charge in [-0.2, -0.15) is 5.26 Å². The average Bonchev–Trinajstić information content (AvgIpc) is 2.81. The second-order valence-corrected chi connectivity index (χ2v) is 7.64. The lowest BCUT2D eigenvalue weighted by Gasteiger charge is -2.35. The third-order valence-corrected chi connectivity index (χ3v) is 5.48. The maximum Gasteiger partial charge on any atom is 0.119 e. The summed E-state index contributed by atoms with van der Waals surface area (Å²) in [6.45, 7) is 3.62. The summed E-state index contributed by atoms with van der Waals surface area (Å²) in [5, 5.41) is 22.6. The predicted molar refractivity (Wildman–Crippen MR) is 117 cm³/mol. The minimum absolute atomic E-state index is 0.204. The van der Waals surface area contributed by atoms with Gasteiger partial charge in [0.25, 0.3) is 0 Å². The van der Waals surface area contributed by atoms with Crippen LogP contribution in [-0.4, -0.2) is 56.0 Å². The Kier molecular flexibility index (Phi) is 8.52. The molecule has 1 heterocycles. The van der Waals surface area contributed by atoms with Crippen LogP contribution < -0.4 is 14.8 Å². The number of likely N-dealkylation sites (tertiary alicyclic amines) is 1. The molecule has 6 heteroatoms. The van der Waals surface area contributed by atoms with Crippen molar-refractivity contribution < 1.29 is 14.6 Å². The van der Waals surface area contributed by atoms with Gasteiger partial charge in [-0.3, -0.25) is 4.90 Å². The zero-order chi connectivity index (χ0) is 21.2. The Hall–Kier alpha value is -2.59. The third kappa shape index (κ3) is 6.46. The minimum Gasteiger partial charge on any atom is -0.497 e. The quantitative estimate of drug-likeness (QED) is 0.628. The van der Waals surface area contributed by atoms with Crippen molar-refractivity contribution in [3.05, 3.63) is 59.7 Å². The van der Waals surface area contributed by atoms with Crippen molar-refractivity contribution in [1.29, 1.82) is 5.26 Å².